The summed E-state index contributed by atoms with van der Waals surface area (Å²) in [5.74, 6) is 0. The zero-order valence-corrected chi connectivity index (χ0v) is 8.90. The molecule has 2 rings (SSSR count). The van der Waals surface area contributed by atoms with E-state index in [0.29, 0.717) is 25.6 Å². The van der Waals surface area contributed by atoms with Crippen LogP contribution in [0.2, 0.25) is 0 Å². The highest BCUT2D eigenvalue weighted by molar-refractivity contribution is 5.09. The number of aromatic nitrogens is 2. The molecule has 0 atom stereocenters. The van der Waals surface area contributed by atoms with Gasteiger partial charge in [0.1, 0.15) is 5.67 Å². The summed E-state index contributed by atoms with van der Waals surface area (Å²) in [6, 6.07) is 0.359. The van der Waals surface area contributed by atoms with Crippen molar-refractivity contribution in [1.29, 1.82) is 0 Å². The summed E-state index contributed by atoms with van der Waals surface area (Å²) in [7, 11) is 1.53. The Morgan fingerprint density at radius 2 is 2.07 bits per heavy atom. The summed E-state index contributed by atoms with van der Waals surface area (Å²) in [6.45, 7) is 3.29. The first kappa shape index (κ1) is 10.3. The molecule has 0 aliphatic carbocycles. The van der Waals surface area contributed by atoms with Gasteiger partial charge in [-0.3, -0.25) is 4.90 Å². The Kier molecular flexibility index (Phi) is 2.56. The molecule has 0 saturated carbocycles. The molecule has 1 aromatic rings. The van der Waals surface area contributed by atoms with Crippen LogP contribution in [0.4, 0.5) is 4.39 Å². The van der Waals surface area contributed by atoms with Crippen molar-refractivity contribution in [2.75, 3.05) is 20.2 Å². The maximum atomic E-state index is 13.2. The normalized spacial score (nSPS) is 19.7. The molecule has 0 amide bonds. The van der Waals surface area contributed by atoms with Crippen molar-refractivity contribution in [3.63, 3.8) is 0 Å². The highest BCUT2D eigenvalue weighted by Gasteiger charge is 2.38. The van der Waals surface area contributed by atoms with Crippen LogP contribution in [0, 0.1) is 0 Å². The van der Waals surface area contributed by atoms with E-state index >= 15 is 0 Å². The number of hydrogen-bond acceptors (Lipinski definition) is 4. The number of alkyl halides is 1. The number of halogens is 1. The number of hydrogen-bond donors (Lipinski definition) is 0. The summed E-state index contributed by atoms with van der Waals surface area (Å²) in [5.41, 5.74) is -0.0425. The van der Waals surface area contributed by atoms with Gasteiger partial charge in [0.2, 0.25) is 0 Å². The average Bonchev–Trinajstić information content (AvgIpc) is 2.16. The highest BCUT2D eigenvalue weighted by atomic mass is 19.1. The molecular weight excluding hydrogens is 197 g/mol. The van der Waals surface area contributed by atoms with E-state index in [2.05, 4.69) is 9.97 Å². The van der Waals surface area contributed by atoms with E-state index in [9.17, 15) is 4.39 Å². The van der Waals surface area contributed by atoms with Crippen molar-refractivity contribution in [1.82, 2.24) is 14.9 Å². The molecule has 0 unspecified atom stereocenters. The van der Waals surface area contributed by atoms with Crippen LogP contribution in [0.3, 0.4) is 0 Å². The largest absolute Gasteiger partial charge is 0.467 e. The van der Waals surface area contributed by atoms with Gasteiger partial charge in [0.15, 0.2) is 0 Å². The minimum absolute atomic E-state index is 0.359. The fourth-order valence-corrected chi connectivity index (χ4v) is 1.79. The number of ether oxygens (including phenoxy) is 1. The molecule has 1 aliphatic rings. The van der Waals surface area contributed by atoms with E-state index in [1.165, 1.54) is 7.11 Å². The van der Waals surface area contributed by atoms with Gasteiger partial charge in [-0.2, -0.15) is 0 Å². The van der Waals surface area contributed by atoms with Crippen molar-refractivity contribution in [2.24, 2.45) is 0 Å². The molecule has 0 spiro atoms. The molecular formula is C10H14FN3O. The lowest BCUT2D eigenvalue weighted by Gasteiger charge is -2.42. The lowest BCUT2D eigenvalue weighted by molar-refractivity contribution is -0.0227. The van der Waals surface area contributed by atoms with E-state index in [-0.39, 0.29) is 0 Å². The van der Waals surface area contributed by atoms with Crippen molar-refractivity contribution in [3.8, 4) is 6.01 Å². The van der Waals surface area contributed by atoms with Crippen LogP contribution in [0.1, 0.15) is 12.5 Å². The second-order valence-corrected chi connectivity index (χ2v) is 4.14. The monoisotopic (exact) mass is 211 g/mol. The summed E-state index contributed by atoms with van der Waals surface area (Å²) >= 11 is 0. The summed E-state index contributed by atoms with van der Waals surface area (Å²) in [6.07, 6.45) is 3.42. The summed E-state index contributed by atoms with van der Waals surface area (Å²) < 4.78 is 18.0. The Labute approximate surface area is 88.1 Å². The topological polar surface area (TPSA) is 38.2 Å². The van der Waals surface area contributed by atoms with E-state index in [1.54, 1.807) is 19.3 Å². The second kappa shape index (κ2) is 3.73. The Bertz CT molecular complexity index is 331. The van der Waals surface area contributed by atoms with Crippen molar-refractivity contribution >= 4 is 0 Å². The van der Waals surface area contributed by atoms with E-state index < -0.39 is 5.67 Å². The zero-order valence-electron chi connectivity index (χ0n) is 8.90. The van der Waals surface area contributed by atoms with Crippen LogP contribution in [0.25, 0.3) is 0 Å². The van der Waals surface area contributed by atoms with Gasteiger partial charge >= 0.3 is 6.01 Å². The quantitative estimate of drug-likeness (QED) is 0.748. The van der Waals surface area contributed by atoms with Crippen LogP contribution in [-0.4, -0.2) is 40.7 Å². The van der Waals surface area contributed by atoms with Crippen LogP contribution < -0.4 is 4.74 Å². The molecule has 0 aromatic carbocycles. The minimum Gasteiger partial charge on any atom is -0.467 e. The fraction of sp³-hybridized carbons (Fsp3) is 0.600. The molecule has 1 fully saturated rings. The second-order valence-electron chi connectivity index (χ2n) is 4.14. The SMILES string of the molecule is COc1ncc(CN2CC(C)(F)C2)cn1. The van der Waals surface area contributed by atoms with Crippen molar-refractivity contribution in [2.45, 2.75) is 19.1 Å². The van der Waals surface area contributed by atoms with Crippen LogP contribution in [-0.2, 0) is 6.54 Å². The molecule has 82 valence electrons. The Morgan fingerprint density at radius 1 is 1.47 bits per heavy atom. The third-order valence-electron chi connectivity index (χ3n) is 2.38. The molecule has 0 bridgehead atoms. The summed E-state index contributed by atoms with van der Waals surface area (Å²) in [5, 5.41) is 0. The molecule has 0 N–H and O–H groups in total. The number of rotatable bonds is 3. The Morgan fingerprint density at radius 3 is 2.53 bits per heavy atom. The lowest BCUT2D eigenvalue weighted by Crippen LogP contribution is -2.56. The molecule has 1 aromatic heterocycles. The molecule has 15 heavy (non-hydrogen) atoms. The Balaban J connectivity index is 1.89. The summed E-state index contributed by atoms with van der Waals surface area (Å²) in [4.78, 5) is 10.0. The zero-order chi connectivity index (χ0) is 10.9. The first-order valence-electron chi connectivity index (χ1n) is 4.85. The third kappa shape index (κ3) is 2.41. The predicted octanol–water partition coefficient (Wildman–Crippen LogP) is 1.03. The Hall–Kier alpha value is -1.23. The first-order valence-corrected chi connectivity index (χ1v) is 4.85. The molecule has 1 saturated heterocycles. The van der Waals surface area contributed by atoms with Gasteiger partial charge in [-0.25, -0.2) is 14.4 Å². The van der Waals surface area contributed by atoms with Gasteiger partial charge < -0.3 is 4.74 Å². The van der Waals surface area contributed by atoms with E-state index in [4.69, 9.17) is 4.74 Å². The molecule has 4 nitrogen and oxygen atoms in total. The molecule has 1 aliphatic heterocycles. The average molecular weight is 211 g/mol. The smallest absolute Gasteiger partial charge is 0.316 e. The van der Waals surface area contributed by atoms with Gasteiger partial charge in [0.25, 0.3) is 0 Å². The first-order chi connectivity index (χ1) is 7.09. The van der Waals surface area contributed by atoms with Gasteiger partial charge in [-0.15, -0.1) is 0 Å². The fourth-order valence-electron chi connectivity index (χ4n) is 1.79. The molecule has 2 heterocycles. The standard InChI is InChI=1S/C10H14FN3O/c1-10(11)6-14(7-10)5-8-3-12-9(15-2)13-4-8/h3-4H,5-7H2,1-2H3. The highest BCUT2D eigenvalue weighted by Crippen LogP contribution is 2.25. The van der Waals surface area contributed by atoms with Crippen molar-refractivity contribution in [3.05, 3.63) is 18.0 Å². The molecule has 5 heteroatoms. The van der Waals surface area contributed by atoms with Crippen LogP contribution in [0.15, 0.2) is 12.4 Å². The van der Waals surface area contributed by atoms with Gasteiger partial charge in [-0.1, -0.05) is 0 Å². The van der Waals surface area contributed by atoms with Gasteiger partial charge in [0.05, 0.1) is 7.11 Å². The number of likely N-dealkylation sites (tertiary alicyclic amines) is 1. The number of methoxy groups -OCH3 is 1. The number of nitrogens with zero attached hydrogens (tertiary/aromatic N) is 3. The van der Waals surface area contributed by atoms with Crippen LogP contribution >= 0.6 is 0 Å². The maximum absolute atomic E-state index is 13.2. The maximum Gasteiger partial charge on any atom is 0.316 e. The predicted molar refractivity (Wildman–Crippen MR) is 53.4 cm³/mol. The lowest BCUT2D eigenvalue weighted by atomic mass is 9.99. The van der Waals surface area contributed by atoms with E-state index in [0.717, 1.165) is 5.56 Å². The molecule has 0 radical (unpaired) electrons. The van der Waals surface area contributed by atoms with Crippen molar-refractivity contribution < 1.29 is 9.13 Å². The minimum atomic E-state index is -1.02. The van der Waals surface area contributed by atoms with Crippen LogP contribution in [0.5, 0.6) is 6.01 Å². The van der Waals surface area contributed by atoms with Gasteiger partial charge in [-0.05, 0) is 6.92 Å². The van der Waals surface area contributed by atoms with Gasteiger partial charge in [0, 0.05) is 37.6 Å². The third-order valence-corrected chi connectivity index (χ3v) is 2.38. The van der Waals surface area contributed by atoms with E-state index in [1.807, 2.05) is 4.90 Å².